The largest absolute Gasteiger partial charge is 0.338 e. The van der Waals surface area contributed by atoms with Crippen molar-refractivity contribution in [3.63, 3.8) is 0 Å². The second kappa shape index (κ2) is 6.31. The molecule has 1 aromatic heterocycles. The van der Waals surface area contributed by atoms with Gasteiger partial charge in [0.05, 0.1) is 0 Å². The quantitative estimate of drug-likeness (QED) is 0.916. The molecule has 1 saturated heterocycles. The topological polar surface area (TPSA) is 70.2 Å². The number of carbonyl (C=O) groups is 2. The van der Waals surface area contributed by atoms with Crippen molar-refractivity contribution in [3.8, 4) is 0 Å². The molecule has 2 heterocycles. The van der Waals surface area contributed by atoms with Crippen LogP contribution in [-0.4, -0.2) is 34.7 Å². The highest BCUT2D eigenvalue weighted by molar-refractivity contribution is 6.02. The molecule has 1 aromatic carbocycles. The molecule has 2 aliphatic rings. The highest BCUT2D eigenvalue weighted by Gasteiger charge is 2.30. The lowest BCUT2D eigenvalue weighted by Gasteiger charge is -2.24. The van der Waals surface area contributed by atoms with Gasteiger partial charge in [-0.25, -0.2) is 0 Å². The Morgan fingerprint density at radius 3 is 2.48 bits per heavy atom. The van der Waals surface area contributed by atoms with Crippen LogP contribution in [0.5, 0.6) is 0 Å². The summed E-state index contributed by atoms with van der Waals surface area (Å²) in [6.07, 6.45) is 2.94. The summed E-state index contributed by atoms with van der Waals surface area (Å²) in [6.45, 7) is 1.36. The van der Waals surface area contributed by atoms with Crippen molar-refractivity contribution >= 4 is 11.7 Å². The number of benzene rings is 1. The van der Waals surface area contributed by atoms with Crippen molar-refractivity contribution in [3.05, 3.63) is 69.1 Å². The molecular formula is C20H20N2O3. The van der Waals surface area contributed by atoms with Gasteiger partial charge in [0, 0.05) is 30.8 Å². The van der Waals surface area contributed by atoms with Gasteiger partial charge in [0.1, 0.15) is 5.56 Å². The Bertz CT molecular complexity index is 880. The molecule has 1 aliphatic heterocycles. The molecule has 0 unspecified atom stereocenters. The first-order valence-corrected chi connectivity index (χ1v) is 8.77. The number of pyridine rings is 1. The van der Waals surface area contributed by atoms with E-state index in [0.717, 1.165) is 18.4 Å². The maximum Gasteiger partial charge on any atom is 0.261 e. The summed E-state index contributed by atoms with van der Waals surface area (Å²) >= 11 is 0. The number of H-pyrrole nitrogens is 1. The van der Waals surface area contributed by atoms with Crippen molar-refractivity contribution < 1.29 is 9.59 Å². The average Bonchev–Trinajstić information content (AvgIpc) is 3.16. The van der Waals surface area contributed by atoms with Gasteiger partial charge < -0.3 is 9.88 Å². The Morgan fingerprint density at radius 1 is 1.04 bits per heavy atom. The van der Waals surface area contributed by atoms with Gasteiger partial charge in [-0.1, -0.05) is 30.3 Å². The minimum Gasteiger partial charge on any atom is -0.338 e. The van der Waals surface area contributed by atoms with E-state index < -0.39 is 5.56 Å². The van der Waals surface area contributed by atoms with E-state index in [9.17, 15) is 14.4 Å². The van der Waals surface area contributed by atoms with Crippen LogP contribution in [0.15, 0.2) is 41.2 Å². The van der Waals surface area contributed by atoms with E-state index in [1.165, 1.54) is 6.07 Å². The number of rotatable bonds is 2. The van der Waals surface area contributed by atoms with E-state index in [0.29, 0.717) is 37.2 Å². The molecule has 25 heavy (non-hydrogen) atoms. The van der Waals surface area contributed by atoms with E-state index in [4.69, 9.17) is 0 Å². The predicted molar refractivity (Wildman–Crippen MR) is 94.0 cm³/mol. The van der Waals surface area contributed by atoms with Crippen molar-refractivity contribution in [2.24, 2.45) is 0 Å². The number of hydrogen-bond donors (Lipinski definition) is 1. The number of amides is 1. The van der Waals surface area contributed by atoms with Crippen LogP contribution in [0.3, 0.4) is 0 Å². The predicted octanol–water partition coefficient (Wildman–Crippen LogP) is 2.52. The monoisotopic (exact) mass is 336 g/mol. The molecule has 5 nitrogen and oxygen atoms in total. The van der Waals surface area contributed by atoms with Gasteiger partial charge in [-0.3, -0.25) is 14.4 Å². The third kappa shape index (κ3) is 2.90. The summed E-state index contributed by atoms with van der Waals surface area (Å²) in [7, 11) is 0. The Hall–Kier alpha value is -2.69. The summed E-state index contributed by atoms with van der Waals surface area (Å²) in [5.74, 6) is -0.210. The van der Waals surface area contributed by atoms with Crippen LogP contribution in [0, 0.1) is 0 Å². The zero-order valence-corrected chi connectivity index (χ0v) is 14.0. The number of ketones is 1. The fourth-order valence-corrected chi connectivity index (χ4v) is 3.84. The van der Waals surface area contributed by atoms with Crippen LogP contribution in [0.1, 0.15) is 57.2 Å². The molecule has 5 heteroatoms. The van der Waals surface area contributed by atoms with Gasteiger partial charge in [-0.05, 0) is 36.8 Å². The summed E-state index contributed by atoms with van der Waals surface area (Å²) in [6, 6.07) is 11.4. The molecular weight excluding hydrogens is 316 g/mol. The SMILES string of the molecule is O=C1C[C@@H](c2ccccc2)Cc2[nH]c(=O)c(C(=O)N3CCCC3)cc21. The molecule has 4 rings (SSSR count). The van der Waals surface area contributed by atoms with Gasteiger partial charge in [0.15, 0.2) is 5.78 Å². The van der Waals surface area contributed by atoms with Gasteiger partial charge >= 0.3 is 0 Å². The number of hydrogen-bond acceptors (Lipinski definition) is 3. The van der Waals surface area contributed by atoms with Gasteiger partial charge in [0.2, 0.25) is 0 Å². The van der Waals surface area contributed by atoms with Crippen molar-refractivity contribution in [1.29, 1.82) is 0 Å². The summed E-state index contributed by atoms with van der Waals surface area (Å²) in [5, 5.41) is 0. The van der Waals surface area contributed by atoms with Crippen LogP contribution in [0.25, 0.3) is 0 Å². The second-order valence-electron chi connectivity index (χ2n) is 6.84. The fraction of sp³-hybridized carbons (Fsp3) is 0.350. The third-order valence-corrected chi connectivity index (χ3v) is 5.20. The van der Waals surface area contributed by atoms with Gasteiger partial charge in [-0.15, -0.1) is 0 Å². The number of fused-ring (bicyclic) bond motifs is 1. The molecule has 0 radical (unpaired) electrons. The second-order valence-corrected chi connectivity index (χ2v) is 6.84. The van der Waals surface area contributed by atoms with Crippen molar-refractivity contribution in [1.82, 2.24) is 9.88 Å². The zero-order chi connectivity index (χ0) is 17.4. The molecule has 1 atom stereocenters. The van der Waals surface area contributed by atoms with Crippen LogP contribution in [-0.2, 0) is 6.42 Å². The van der Waals surface area contributed by atoms with E-state index in [2.05, 4.69) is 4.98 Å². The fourth-order valence-electron chi connectivity index (χ4n) is 3.84. The van der Waals surface area contributed by atoms with Crippen LogP contribution in [0.2, 0.25) is 0 Å². The molecule has 2 aromatic rings. The summed E-state index contributed by atoms with van der Waals surface area (Å²) < 4.78 is 0. The Balaban J connectivity index is 1.67. The molecule has 1 fully saturated rings. The number of likely N-dealkylation sites (tertiary alicyclic amines) is 1. The third-order valence-electron chi connectivity index (χ3n) is 5.20. The minimum atomic E-state index is -0.392. The molecule has 1 amide bonds. The zero-order valence-electron chi connectivity index (χ0n) is 14.0. The van der Waals surface area contributed by atoms with Crippen molar-refractivity contribution in [2.45, 2.75) is 31.6 Å². The standard InChI is InChI=1S/C20H20N2O3/c23-18-11-14(13-6-2-1-3-7-13)10-17-15(18)12-16(19(24)21-17)20(25)22-8-4-5-9-22/h1-3,6-7,12,14H,4-5,8-11H2,(H,21,24)/t14-/m0/s1. The van der Waals surface area contributed by atoms with Gasteiger partial charge in [0.25, 0.3) is 11.5 Å². The normalized spacial score (nSPS) is 19.8. The number of Topliss-reactive ketones (excluding diaryl/α,β-unsaturated/α-hetero) is 1. The molecule has 0 spiro atoms. The number of nitrogens with one attached hydrogen (secondary N) is 1. The maximum atomic E-state index is 12.6. The maximum absolute atomic E-state index is 12.6. The molecule has 1 aliphatic carbocycles. The molecule has 0 bridgehead atoms. The van der Waals surface area contributed by atoms with E-state index in [1.54, 1.807) is 4.90 Å². The first-order chi connectivity index (χ1) is 12.1. The first kappa shape index (κ1) is 15.8. The minimum absolute atomic E-state index is 0.0122. The molecule has 0 saturated carbocycles. The summed E-state index contributed by atoms with van der Waals surface area (Å²) in [4.78, 5) is 42.1. The van der Waals surface area contributed by atoms with E-state index >= 15 is 0 Å². The lowest BCUT2D eigenvalue weighted by Crippen LogP contribution is -2.34. The number of carbonyl (C=O) groups excluding carboxylic acids is 2. The smallest absolute Gasteiger partial charge is 0.261 e. The lowest BCUT2D eigenvalue weighted by molar-refractivity contribution is 0.0791. The lowest BCUT2D eigenvalue weighted by atomic mass is 9.81. The van der Waals surface area contributed by atoms with Crippen LogP contribution < -0.4 is 5.56 Å². The van der Waals surface area contributed by atoms with Crippen LogP contribution in [0.4, 0.5) is 0 Å². The van der Waals surface area contributed by atoms with Crippen molar-refractivity contribution in [2.75, 3.05) is 13.1 Å². The number of aromatic amines is 1. The highest BCUT2D eigenvalue weighted by Crippen LogP contribution is 2.31. The molecule has 1 N–H and O–H groups in total. The van der Waals surface area contributed by atoms with Gasteiger partial charge in [-0.2, -0.15) is 0 Å². The average molecular weight is 336 g/mol. The number of nitrogens with zero attached hydrogens (tertiary/aromatic N) is 1. The Labute approximate surface area is 145 Å². The highest BCUT2D eigenvalue weighted by atomic mass is 16.2. The number of aromatic nitrogens is 1. The summed E-state index contributed by atoms with van der Waals surface area (Å²) in [5.41, 5.74) is 1.94. The van der Waals surface area contributed by atoms with Crippen LogP contribution >= 0.6 is 0 Å². The first-order valence-electron chi connectivity index (χ1n) is 8.77. The van der Waals surface area contributed by atoms with E-state index in [-0.39, 0.29) is 23.2 Å². The van der Waals surface area contributed by atoms with E-state index in [1.807, 2.05) is 30.3 Å². The Kier molecular flexibility index (Phi) is 3.99. The Morgan fingerprint density at radius 2 is 1.76 bits per heavy atom. The molecule has 128 valence electrons.